The molecule has 0 radical (unpaired) electrons. The Kier molecular flexibility index (Phi) is 20.4. The number of rotatable bonds is 9. The van der Waals surface area contributed by atoms with Crippen molar-refractivity contribution < 1.29 is 9.05 Å². The summed E-state index contributed by atoms with van der Waals surface area (Å²) in [7, 11) is 5.97. The van der Waals surface area contributed by atoms with Crippen LogP contribution in [0.1, 0.15) is 129 Å². The standard InChI is InChI=1S/C18H23N5.C13H19N5O.C12H18ClN5O.C11H16N4.C2H6/c1-13(2)22-9-6-10-23-14(12-22)11-16(20-23)18-19-15-7-4-5-8-17(15)21(18)3;1-9(2)17-5-4-6-18-11(8-17)7-12(15-18)13-14-10(3)16-19-13;1-7(2)17(4)6-9-10(13)11(15-18(9)5)12-14-8(3)16-19-12;1-9(2)14-4-3-5-15-11(8-14)6-10(7-12)13-15;1-2/h4-5,7-8,11,13H,6,9-10,12H2,1-3H3;7,9H,4-6,8H2,1-3H3;7H,6H2,1-5H3;6,9H,3-5,8H2,1-2H3;1-2H3. The summed E-state index contributed by atoms with van der Waals surface area (Å²) in [6.45, 7) is 35.0. The minimum atomic E-state index is 0.358. The molecule has 0 atom stereocenters. The van der Waals surface area contributed by atoms with E-state index in [-0.39, 0.29) is 0 Å². The van der Waals surface area contributed by atoms with Gasteiger partial charge in [0.15, 0.2) is 34.6 Å². The molecule has 7 aromatic heterocycles. The second kappa shape index (κ2) is 26.9. The molecule has 0 aliphatic carbocycles. The summed E-state index contributed by atoms with van der Waals surface area (Å²) in [6, 6.07) is 18.6. The van der Waals surface area contributed by atoms with E-state index in [1.165, 1.54) is 11.4 Å². The van der Waals surface area contributed by atoms with Crippen molar-refractivity contribution in [2.75, 3.05) is 26.7 Å². The maximum atomic E-state index is 8.79. The van der Waals surface area contributed by atoms with Crippen LogP contribution in [0.2, 0.25) is 5.02 Å². The van der Waals surface area contributed by atoms with Crippen LogP contribution in [-0.2, 0) is 59.9 Å². The number of nitrogens with zero attached hydrogens (tertiary/aromatic N) is 19. The van der Waals surface area contributed by atoms with Crippen LogP contribution in [0, 0.1) is 25.2 Å². The minimum absolute atomic E-state index is 0.358. The highest BCUT2D eigenvalue weighted by Gasteiger charge is 2.25. The number of para-hydroxylation sites is 2. The lowest BCUT2D eigenvalue weighted by molar-refractivity contribution is 0.216. The van der Waals surface area contributed by atoms with E-state index in [9.17, 15) is 0 Å². The molecule has 21 nitrogen and oxygen atoms in total. The van der Waals surface area contributed by atoms with Gasteiger partial charge in [0.05, 0.1) is 38.8 Å². The van der Waals surface area contributed by atoms with E-state index < -0.39 is 0 Å². The molecule has 0 amide bonds. The predicted octanol–water partition coefficient (Wildman–Crippen LogP) is 9.57. The molecular formula is C56H82ClN19O2. The molecule has 78 heavy (non-hydrogen) atoms. The molecule has 3 aliphatic heterocycles. The fourth-order valence-electron chi connectivity index (χ4n) is 9.48. The fraction of sp³-hybridized carbons (Fsp3) is 0.571. The van der Waals surface area contributed by atoms with Crippen molar-refractivity contribution in [1.82, 2.24) is 88.6 Å². The maximum Gasteiger partial charge on any atom is 0.279 e. The molecule has 0 saturated heterocycles. The van der Waals surface area contributed by atoms with E-state index in [0.29, 0.717) is 70.6 Å². The molecule has 0 saturated carbocycles. The van der Waals surface area contributed by atoms with E-state index in [1.807, 2.05) is 51.7 Å². The summed E-state index contributed by atoms with van der Waals surface area (Å²) in [5.41, 5.74) is 9.61. The number of fused-ring (bicyclic) bond motifs is 4. The van der Waals surface area contributed by atoms with Crippen LogP contribution in [0.4, 0.5) is 0 Å². The van der Waals surface area contributed by atoms with Crippen molar-refractivity contribution in [3.63, 3.8) is 0 Å². The average molecular weight is 1090 g/mol. The smallest absolute Gasteiger partial charge is 0.279 e. The Morgan fingerprint density at radius 2 is 1.13 bits per heavy atom. The number of hydrogen-bond acceptors (Lipinski definition) is 16. The second-order valence-corrected chi connectivity index (χ2v) is 21.5. The van der Waals surface area contributed by atoms with Gasteiger partial charge in [-0.15, -0.1) is 0 Å². The first kappa shape index (κ1) is 59.1. The quantitative estimate of drug-likeness (QED) is 0.132. The van der Waals surface area contributed by atoms with Gasteiger partial charge in [-0.3, -0.25) is 38.3 Å². The molecule has 420 valence electrons. The van der Waals surface area contributed by atoms with Crippen LogP contribution >= 0.6 is 11.6 Å². The van der Waals surface area contributed by atoms with Crippen molar-refractivity contribution in [2.45, 2.75) is 172 Å². The second-order valence-electron chi connectivity index (χ2n) is 21.1. The summed E-state index contributed by atoms with van der Waals surface area (Å²) >= 11 is 6.38. The summed E-state index contributed by atoms with van der Waals surface area (Å²) in [6.07, 6.45) is 3.38. The van der Waals surface area contributed by atoms with Crippen molar-refractivity contribution in [3.8, 4) is 40.8 Å². The highest BCUT2D eigenvalue weighted by atomic mass is 35.5. The van der Waals surface area contributed by atoms with Gasteiger partial charge in [0.2, 0.25) is 0 Å². The molecule has 0 bridgehead atoms. The van der Waals surface area contributed by atoms with Crippen LogP contribution in [0.3, 0.4) is 0 Å². The van der Waals surface area contributed by atoms with E-state index in [2.05, 4.69) is 168 Å². The summed E-state index contributed by atoms with van der Waals surface area (Å²) in [5.74, 6) is 3.02. The Bertz CT molecular complexity index is 3210. The summed E-state index contributed by atoms with van der Waals surface area (Å²) in [5, 5.41) is 35.0. The van der Waals surface area contributed by atoms with Crippen LogP contribution in [-0.4, -0.2) is 139 Å². The number of imidazole rings is 1. The highest BCUT2D eigenvalue weighted by Crippen LogP contribution is 2.30. The Balaban J connectivity index is 0.000000151. The van der Waals surface area contributed by atoms with Gasteiger partial charge in [-0.1, -0.05) is 47.9 Å². The zero-order valence-electron chi connectivity index (χ0n) is 48.7. The maximum absolute atomic E-state index is 8.79. The van der Waals surface area contributed by atoms with Crippen LogP contribution < -0.4 is 0 Å². The van der Waals surface area contributed by atoms with Gasteiger partial charge in [0, 0.05) is 104 Å². The Morgan fingerprint density at radius 1 is 0.641 bits per heavy atom. The molecule has 0 spiro atoms. The Morgan fingerprint density at radius 3 is 1.62 bits per heavy atom. The molecule has 0 N–H and O–H groups in total. The minimum Gasteiger partial charge on any atom is -0.332 e. The zero-order chi connectivity index (χ0) is 56.4. The van der Waals surface area contributed by atoms with E-state index >= 15 is 0 Å². The van der Waals surface area contributed by atoms with Crippen molar-refractivity contribution in [2.24, 2.45) is 14.1 Å². The summed E-state index contributed by atoms with van der Waals surface area (Å²) < 4.78 is 20.4. The third kappa shape index (κ3) is 14.4. The molecule has 0 unspecified atom stereocenters. The third-order valence-corrected chi connectivity index (χ3v) is 14.7. The first-order chi connectivity index (χ1) is 37.4. The normalized spacial score (nSPS) is 15.0. The third-order valence-electron chi connectivity index (χ3n) is 14.3. The van der Waals surface area contributed by atoms with Crippen LogP contribution in [0.25, 0.3) is 45.7 Å². The summed E-state index contributed by atoms with van der Waals surface area (Å²) in [4.78, 5) is 22.7. The van der Waals surface area contributed by atoms with Gasteiger partial charge in [-0.25, -0.2) is 4.98 Å². The van der Waals surface area contributed by atoms with Gasteiger partial charge in [-0.05, 0) is 126 Å². The SMILES string of the molecule is CC.CC(C)N1CCCn2nc(-c3nc4ccccc4n3C)cc2C1.CC(C)N1CCCn2nc(C#N)cc2C1.Cc1noc(-c2cc3n(n2)CCCN(C(C)C)C3)n1.Cc1noc(-c2nn(C)c(CN(C)C(C)C)c2Cl)n1. The number of benzene rings is 1. The predicted molar refractivity (Wildman–Crippen MR) is 304 cm³/mol. The number of nitriles is 1. The number of aromatic nitrogens is 14. The monoisotopic (exact) mass is 1090 g/mol. The molecule has 3 aliphatic rings. The van der Waals surface area contributed by atoms with Gasteiger partial charge >= 0.3 is 0 Å². The number of aryl methyl sites for hydroxylation is 7. The van der Waals surface area contributed by atoms with E-state index in [0.717, 1.165) is 118 Å². The Labute approximate surface area is 465 Å². The highest BCUT2D eigenvalue weighted by molar-refractivity contribution is 6.33. The lowest BCUT2D eigenvalue weighted by atomic mass is 10.2. The van der Waals surface area contributed by atoms with Gasteiger partial charge < -0.3 is 13.6 Å². The molecule has 0 fully saturated rings. The molecular weight excluding hydrogens is 1010 g/mol. The van der Waals surface area contributed by atoms with Crippen molar-refractivity contribution >= 4 is 22.6 Å². The van der Waals surface area contributed by atoms with E-state index in [1.54, 1.807) is 11.6 Å². The number of hydrogen-bond donors (Lipinski definition) is 0. The van der Waals surface area contributed by atoms with Crippen LogP contribution in [0.15, 0.2) is 51.5 Å². The Hall–Kier alpha value is -6.57. The first-order valence-electron chi connectivity index (χ1n) is 27.6. The molecule has 1 aromatic carbocycles. The van der Waals surface area contributed by atoms with Gasteiger partial charge in [-0.2, -0.15) is 35.6 Å². The first-order valence-corrected chi connectivity index (χ1v) is 28.0. The lowest BCUT2D eigenvalue weighted by Gasteiger charge is -2.23. The largest absolute Gasteiger partial charge is 0.332 e. The average Bonchev–Trinajstić information content (AvgIpc) is 4.39. The lowest BCUT2D eigenvalue weighted by Crippen LogP contribution is -2.30. The van der Waals surface area contributed by atoms with E-state index in [4.69, 9.17) is 36.0 Å². The zero-order valence-corrected chi connectivity index (χ0v) is 49.5. The van der Waals surface area contributed by atoms with Crippen molar-refractivity contribution in [1.29, 1.82) is 5.26 Å². The number of halogens is 1. The fourth-order valence-corrected chi connectivity index (χ4v) is 9.78. The van der Waals surface area contributed by atoms with Gasteiger partial charge in [0.25, 0.3) is 11.8 Å². The molecule has 11 rings (SSSR count). The molecule has 22 heteroatoms. The van der Waals surface area contributed by atoms with Crippen LogP contribution in [0.5, 0.6) is 0 Å². The molecule has 8 aromatic rings. The topological polar surface area (TPSA) is 204 Å². The van der Waals surface area contributed by atoms with Crippen molar-refractivity contribution in [3.05, 3.63) is 87.6 Å². The van der Waals surface area contributed by atoms with Gasteiger partial charge in [0.1, 0.15) is 11.8 Å². The molecule has 10 heterocycles.